The zero-order chi connectivity index (χ0) is 25.9. The van der Waals surface area contributed by atoms with Crippen molar-refractivity contribution < 1.29 is 14.0 Å². The molecule has 2 fully saturated rings. The highest BCUT2D eigenvalue weighted by atomic mass is 19.1. The van der Waals surface area contributed by atoms with E-state index in [4.69, 9.17) is 0 Å². The molecule has 0 atom stereocenters. The largest absolute Gasteiger partial charge is 0.379 e. The fourth-order valence-electron chi connectivity index (χ4n) is 4.57. The number of imidazole rings is 1. The fraction of sp³-hybridized carbons (Fsp3) is 0.480. The number of fused-ring (bicyclic) bond motifs is 1. The molecule has 2 amide bonds. The minimum atomic E-state index is -0.677. The molecule has 3 aromatic rings. The number of anilines is 3. The van der Waals surface area contributed by atoms with Gasteiger partial charge in [-0.05, 0) is 58.7 Å². The summed E-state index contributed by atoms with van der Waals surface area (Å²) in [4.78, 5) is 34.9. The van der Waals surface area contributed by atoms with Crippen molar-refractivity contribution in [3.63, 3.8) is 0 Å². The van der Waals surface area contributed by atoms with Gasteiger partial charge in [-0.15, -0.1) is 5.10 Å². The van der Waals surface area contributed by atoms with E-state index in [0.717, 1.165) is 50.3 Å². The molecule has 2 aliphatic carbocycles. The predicted octanol–water partition coefficient (Wildman–Crippen LogP) is 2.49. The van der Waals surface area contributed by atoms with Gasteiger partial charge in [0.1, 0.15) is 5.82 Å². The topological polar surface area (TPSA) is 129 Å². The van der Waals surface area contributed by atoms with Crippen LogP contribution in [-0.2, 0) is 4.79 Å². The molecule has 2 aliphatic rings. The van der Waals surface area contributed by atoms with Crippen molar-refractivity contribution in [1.29, 1.82) is 0 Å². The number of hydrogen-bond donors (Lipinski definition) is 4. The second-order valence-corrected chi connectivity index (χ2v) is 10.1. The van der Waals surface area contributed by atoms with Crippen LogP contribution in [0.2, 0.25) is 0 Å². The third-order valence-corrected chi connectivity index (χ3v) is 6.53. The molecule has 3 aromatic heterocycles. The van der Waals surface area contributed by atoms with Gasteiger partial charge in [0.25, 0.3) is 5.91 Å². The average molecular weight is 510 g/mol. The summed E-state index contributed by atoms with van der Waals surface area (Å²) in [5.41, 5.74) is 1.89. The molecule has 11 nitrogen and oxygen atoms in total. The first-order chi connectivity index (χ1) is 17.8. The summed E-state index contributed by atoms with van der Waals surface area (Å²) < 4.78 is 15.0. The number of carbonyl (C=O) groups excluding carboxylic acids is 2. The number of carbonyl (C=O) groups is 2. The Hall–Kier alpha value is -3.80. The normalized spacial score (nSPS) is 19.6. The van der Waals surface area contributed by atoms with E-state index in [1.165, 1.54) is 23.0 Å². The predicted molar refractivity (Wildman–Crippen MR) is 138 cm³/mol. The third-order valence-electron chi connectivity index (χ3n) is 6.53. The molecule has 0 bridgehead atoms. The van der Waals surface area contributed by atoms with Gasteiger partial charge < -0.3 is 26.2 Å². The SMILES string of the molecule is CN(C)CC(=O)NC1CCC(Nc2cc(NC3CC3)c3ncc(C(=O)Nc4ccnc(F)c4)n3n2)CC1. The molecule has 0 aromatic carbocycles. The number of halogens is 1. The molecular formula is C25H32FN9O2. The molecule has 0 radical (unpaired) electrons. The van der Waals surface area contributed by atoms with Crippen LogP contribution in [0.15, 0.2) is 30.6 Å². The molecule has 0 unspecified atom stereocenters. The molecule has 4 N–H and O–H groups in total. The van der Waals surface area contributed by atoms with Gasteiger partial charge in [-0.1, -0.05) is 0 Å². The average Bonchev–Trinajstić information content (AvgIpc) is 3.55. The van der Waals surface area contributed by atoms with E-state index < -0.39 is 11.9 Å². The number of hydrogen-bond acceptors (Lipinski definition) is 8. The summed E-state index contributed by atoms with van der Waals surface area (Å²) in [7, 11) is 3.76. The van der Waals surface area contributed by atoms with Gasteiger partial charge >= 0.3 is 0 Å². The third kappa shape index (κ3) is 6.31. The zero-order valence-electron chi connectivity index (χ0n) is 21.0. The van der Waals surface area contributed by atoms with Crippen LogP contribution < -0.4 is 21.3 Å². The van der Waals surface area contributed by atoms with Gasteiger partial charge in [0.05, 0.1) is 18.4 Å². The second-order valence-electron chi connectivity index (χ2n) is 10.1. The lowest BCUT2D eigenvalue weighted by Gasteiger charge is -2.30. The summed E-state index contributed by atoms with van der Waals surface area (Å²) in [5, 5.41) is 17.5. The molecule has 3 heterocycles. The quantitative estimate of drug-likeness (QED) is 0.324. The molecule has 12 heteroatoms. The molecule has 37 heavy (non-hydrogen) atoms. The molecular weight excluding hydrogens is 477 g/mol. The van der Waals surface area contributed by atoms with Gasteiger partial charge in [-0.3, -0.25) is 9.59 Å². The lowest BCUT2D eigenvalue weighted by Crippen LogP contribution is -2.43. The van der Waals surface area contributed by atoms with E-state index in [9.17, 15) is 14.0 Å². The van der Waals surface area contributed by atoms with Crippen LogP contribution in [0, 0.1) is 5.95 Å². The summed E-state index contributed by atoms with van der Waals surface area (Å²) in [6.07, 6.45) is 8.48. The maximum Gasteiger partial charge on any atom is 0.276 e. The standard InChI is InChI=1S/C25H32FN9O2/c1-34(2)14-23(36)31-17-7-5-16(6-8-17)30-22-12-19(29-15-3-4-15)24-28-13-20(35(24)33-22)25(37)32-18-9-10-27-21(26)11-18/h9-13,15-17,29H,3-8,14H2,1-2H3,(H,30,33)(H,31,36)(H,27,32,37). The van der Waals surface area contributed by atoms with Crippen LogP contribution in [0.1, 0.15) is 49.0 Å². The molecule has 5 rings (SSSR count). The van der Waals surface area contributed by atoms with Crippen molar-refractivity contribution in [2.45, 2.75) is 56.7 Å². The van der Waals surface area contributed by atoms with Crippen LogP contribution in [-0.4, -0.2) is 75.1 Å². The van der Waals surface area contributed by atoms with Crippen LogP contribution in [0.5, 0.6) is 0 Å². The summed E-state index contributed by atoms with van der Waals surface area (Å²) in [6, 6.07) is 5.36. The Kier molecular flexibility index (Phi) is 7.17. The Labute approximate surface area is 214 Å². The van der Waals surface area contributed by atoms with E-state index in [2.05, 4.69) is 36.3 Å². The Balaban J connectivity index is 1.31. The van der Waals surface area contributed by atoms with E-state index in [-0.39, 0.29) is 23.7 Å². The summed E-state index contributed by atoms with van der Waals surface area (Å²) in [5.74, 6) is -0.444. The van der Waals surface area contributed by atoms with E-state index >= 15 is 0 Å². The van der Waals surface area contributed by atoms with E-state index in [1.807, 2.05) is 25.1 Å². The van der Waals surface area contributed by atoms with Gasteiger partial charge in [0.15, 0.2) is 11.3 Å². The number of likely N-dealkylation sites (N-methyl/N-ethyl adjacent to an activating group) is 1. The Bertz CT molecular complexity index is 1280. The van der Waals surface area contributed by atoms with Gasteiger partial charge in [0.2, 0.25) is 11.9 Å². The van der Waals surface area contributed by atoms with Crippen molar-refractivity contribution in [3.05, 3.63) is 42.2 Å². The lowest BCUT2D eigenvalue weighted by atomic mass is 9.91. The van der Waals surface area contributed by atoms with Crippen molar-refractivity contribution in [2.24, 2.45) is 0 Å². The Morgan fingerprint density at radius 1 is 1.03 bits per heavy atom. The zero-order valence-corrected chi connectivity index (χ0v) is 21.0. The highest BCUT2D eigenvalue weighted by Gasteiger charge is 2.26. The highest BCUT2D eigenvalue weighted by molar-refractivity contribution is 6.03. The highest BCUT2D eigenvalue weighted by Crippen LogP contribution is 2.30. The number of pyridine rings is 1. The van der Waals surface area contributed by atoms with E-state index in [1.54, 1.807) is 0 Å². The van der Waals surface area contributed by atoms with Crippen molar-refractivity contribution in [2.75, 3.05) is 36.6 Å². The Morgan fingerprint density at radius 3 is 2.43 bits per heavy atom. The number of nitrogens with one attached hydrogen (secondary N) is 4. The molecule has 2 saturated carbocycles. The number of amides is 2. The van der Waals surface area contributed by atoms with Gasteiger partial charge in [-0.2, -0.15) is 4.39 Å². The van der Waals surface area contributed by atoms with E-state index in [0.29, 0.717) is 29.7 Å². The summed E-state index contributed by atoms with van der Waals surface area (Å²) >= 11 is 0. The smallest absolute Gasteiger partial charge is 0.276 e. The maximum atomic E-state index is 13.5. The van der Waals surface area contributed by atoms with Crippen LogP contribution >= 0.6 is 0 Å². The van der Waals surface area contributed by atoms with Gasteiger partial charge in [-0.25, -0.2) is 14.5 Å². The molecule has 0 saturated heterocycles. The minimum absolute atomic E-state index is 0.0461. The first-order valence-electron chi connectivity index (χ1n) is 12.6. The minimum Gasteiger partial charge on any atom is -0.379 e. The maximum absolute atomic E-state index is 13.5. The molecule has 196 valence electrons. The Morgan fingerprint density at radius 2 is 1.73 bits per heavy atom. The van der Waals surface area contributed by atoms with Crippen LogP contribution in [0.25, 0.3) is 5.65 Å². The lowest BCUT2D eigenvalue weighted by molar-refractivity contribution is -0.122. The summed E-state index contributed by atoms with van der Waals surface area (Å²) in [6.45, 7) is 0.385. The number of nitrogens with zero attached hydrogens (tertiary/aromatic N) is 5. The fourth-order valence-corrected chi connectivity index (χ4v) is 4.57. The van der Waals surface area contributed by atoms with Crippen LogP contribution in [0.3, 0.4) is 0 Å². The van der Waals surface area contributed by atoms with Crippen molar-refractivity contribution in [1.82, 2.24) is 29.8 Å². The first kappa shape index (κ1) is 24.9. The second kappa shape index (κ2) is 10.7. The number of rotatable bonds is 9. The molecule has 0 spiro atoms. The van der Waals surface area contributed by atoms with Crippen molar-refractivity contribution in [3.8, 4) is 0 Å². The molecule has 0 aliphatic heterocycles. The number of aromatic nitrogens is 4. The van der Waals surface area contributed by atoms with Gasteiger partial charge in [0, 0.05) is 42.1 Å². The van der Waals surface area contributed by atoms with Crippen molar-refractivity contribution >= 4 is 34.7 Å². The van der Waals surface area contributed by atoms with Crippen LogP contribution in [0.4, 0.5) is 21.6 Å². The first-order valence-corrected chi connectivity index (χ1v) is 12.6. The monoisotopic (exact) mass is 509 g/mol.